The molecule has 0 saturated heterocycles. The topological polar surface area (TPSA) is 48.2 Å². The van der Waals surface area contributed by atoms with Crippen LogP contribution in [0.3, 0.4) is 0 Å². The Morgan fingerprint density at radius 2 is 2.17 bits per heavy atom. The number of halogens is 1. The Morgan fingerprint density at radius 3 is 3.00 bits per heavy atom. The lowest BCUT2D eigenvalue weighted by Crippen LogP contribution is -2.38. The van der Waals surface area contributed by atoms with Gasteiger partial charge in [-0.3, -0.25) is 10.4 Å². The zero-order valence-corrected chi connectivity index (χ0v) is 14.1. The molecule has 0 radical (unpaired) electrons. The maximum absolute atomic E-state index is 13.7. The second kappa shape index (κ2) is 6.15. The highest BCUT2D eigenvalue weighted by atomic mass is 19.1. The molecule has 0 saturated carbocycles. The Labute approximate surface area is 142 Å². The summed E-state index contributed by atoms with van der Waals surface area (Å²) >= 11 is 0. The van der Waals surface area contributed by atoms with E-state index in [1.165, 1.54) is 11.3 Å². The van der Waals surface area contributed by atoms with E-state index >= 15 is 0 Å². The van der Waals surface area contributed by atoms with Gasteiger partial charge in [-0.2, -0.15) is 0 Å². The molecule has 4 atom stereocenters. The van der Waals surface area contributed by atoms with Crippen LogP contribution in [0.2, 0.25) is 0 Å². The van der Waals surface area contributed by atoms with Crippen LogP contribution in [0.5, 0.6) is 0 Å². The Balaban J connectivity index is 1.54. The normalized spacial score (nSPS) is 35.5. The van der Waals surface area contributed by atoms with Gasteiger partial charge in [0.05, 0.1) is 12.4 Å². The van der Waals surface area contributed by atoms with Crippen molar-refractivity contribution in [3.8, 4) is 0 Å². The molecule has 2 heterocycles. The molecule has 2 aliphatic heterocycles. The summed E-state index contributed by atoms with van der Waals surface area (Å²) < 4.78 is 13.7. The largest absolute Gasteiger partial charge is 0.351 e. The van der Waals surface area contributed by atoms with Gasteiger partial charge in [-0.05, 0) is 50.0 Å². The van der Waals surface area contributed by atoms with Crippen LogP contribution in [0.1, 0.15) is 32.6 Å². The first-order chi connectivity index (χ1) is 11.6. The van der Waals surface area contributed by atoms with Crippen LogP contribution >= 0.6 is 0 Å². The van der Waals surface area contributed by atoms with Crippen molar-refractivity contribution in [3.05, 3.63) is 47.5 Å². The Bertz CT molecular complexity index is 710. The summed E-state index contributed by atoms with van der Waals surface area (Å²) in [5.74, 6) is 1.95. The van der Waals surface area contributed by atoms with Crippen molar-refractivity contribution in [2.75, 3.05) is 6.54 Å². The average molecular weight is 325 g/mol. The maximum Gasteiger partial charge on any atom is 0.101 e. The molecule has 4 heteroatoms. The van der Waals surface area contributed by atoms with Crippen LogP contribution in [0.25, 0.3) is 0 Å². The lowest BCUT2D eigenvalue weighted by molar-refractivity contribution is 0.448. The van der Waals surface area contributed by atoms with Crippen molar-refractivity contribution in [2.24, 2.45) is 28.7 Å². The molecule has 2 aliphatic carbocycles. The van der Waals surface area contributed by atoms with E-state index in [2.05, 4.69) is 29.6 Å². The number of nitrogens with one attached hydrogen (secondary N) is 2. The number of nitrogens with zero attached hydrogens (tertiary/aromatic N) is 1. The molecule has 4 unspecified atom stereocenters. The molecule has 0 bridgehead atoms. The van der Waals surface area contributed by atoms with Gasteiger partial charge >= 0.3 is 0 Å². The smallest absolute Gasteiger partial charge is 0.101 e. The van der Waals surface area contributed by atoms with Crippen molar-refractivity contribution in [3.63, 3.8) is 0 Å². The highest BCUT2D eigenvalue weighted by molar-refractivity contribution is 6.04. The zero-order valence-electron chi connectivity index (χ0n) is 14.1. The molecule has 4 rings (SSSR count). The van der Waals surface area contributed by atoms with Gasteiger partial charge in [-0.25, -0.2) is 4.39 Å². The van der Waals surface area contributed by atoms with Crippen LogP contribution in [0.15, 0.2) is 52.5 Å². The number of hydrogen-bond donors (Lipinski definition) is 2. The molecule has 0 aromatic heterocycles. The number of aliphatic imine (C=N–C) groups is 1. The van der Waals surface area contributed by atoms with Crippen LogP contribution in [0, 0.1) is 29.1 Å². The maximum atomic E-state index is 13.7. The summed E-state index contributed by atoms with van der Waals surface area (Å²) in [7, 11) is 0. The van der Waals surface area contributed by atoms with Gasteiger partial charge in [0.1, 0.15) is 5.84 Å². The lowest BCUT2D eigenvalue weighted by Gasteiger charge is -2.35. The van der Waals surface area contributed by atoms with Gasteiger partial charge < -0.3 is 5.32 Å². The van der Waals surface area contributed by atoms with Crippen molar-refractivity contribution in [1.29, 1.82) is 5.41 Å². The first-order valence-corrected chi connectivity index (χ1v) is 8.92. The predicted octanol–water partition coefficient (Wildman–Crippen LogP) is 4.31. The third-order valence-corrected chi connectivity index (χ3v) is 5.85. The van der Waals surface area contributed by atoms with E-state index in [1.807, 2.05) is 13.1 Å². The molecule has 0 aromatic carbocycles. The summed E-state index contributed by atoms with van der Waals surface area (Å²) in [5.41, 5.74) is 3.41. The van der Waals surface area contributed by atoms with Crippen molar-refractivity contribution in [2.45, 2.75) is 32.6 Å². The Morgan fingerprint density at radius 1 is 1.29 bits per heavy atom. The van der Waals surface area contributed by atoms with Gasteiger partial charge in [0.2, 0.25) is 0 Å². The van der Waals surface area contributed by atoms with Crippen LogP contribution in [-0.4, -0.2) is 18.1 Å². The molecule has 0 spiro atoms. The van der Waals surface area contributed by atoms with E-state index in [1.54, 1.807) is 0 Å². The van der Waals surface area contributed by atoms with E-state index in [4.69, 9.17) is 10.4 Å². The fourth-order valence-corrected chi connectivity index (χ4v) is 4.48. The number of amidine groups is 1. The quantitative estimate of drug-likeness (QED) is 0.730. The van der Waals surface area contributed by atoms with Crippen molar-refractivity contribution in [1.82, 2.24) is 5.32 Å². The molecular weight excluding hydrogens is 301 g/mol. The van der Waals surface area contributed by atoms with Gasteiger partial charge in [0, 0.05) is 29.4 Å². The molecule has 3 nitrogen and oxygen atoms in total. The summed E-state index contributed by atoms with van der Waals surface area (Å²) in [4.78, 5) is 4.76. The minimum absolute atomic E-state index is 0.0734. The fraction of sp³-hybridized carbons (Fsp3) is 0.500. The molecule has 4 aliphatic rings. The Hall–Kier alpha value is -1.97. The zero-order chi connectivity index (χ0) is 16.7. The summed E-state index contributed by atoms with van der Waals surface area (Å²) in [6.45, 7) is 2.66. The van der Waals surface area contributed by atoms with E-state index in [-0.39, 0.29) is 11.7 Å². The molecule has 24 heavy (non-hydrogen) atoms. The van der Waals surface area contributed by atoms with Gasteiger partial charge in [0.25, 0.3) is 0 Å². The highest BCUT2D eigenvalue weighted by Crippen LogP contribution is 2.40. The summed E-state index contributed by atoms with van der Waals surface area (Å²) in [5, 5.41) is 11.2. The van der Waals surface area contributed by atoms with E-state index in [0.29, 0.717) is 30.0 Å². The molecular formula is C20H24FN3. The van der Waals surface area contributed by atoms with Gasteiger partial charge in [-0.1, -0.05) is 24.3 Å². The summed E-state index contributed by atoms with van der Waals surface area (Å²) in [6.07, 6.45) is 14.0. The van der Waals surface area contributed by atoms with Crippen molar-refractivity contribution < 1.29 is 4.39 Å². The fourth-order valence-electron chi connectivity index (χ4n) is 4.48. The number of rotatable bonds is 2. The first kappa shape index (κ1) is 15.6. The standard InChI is InChI=1S/C20H24FN3/c1-12-10-15(4-5-18(12)21)19-16(7-9-23-19)14-3-2-13-6-8-24-20(22)17(13)11-14/h2-3,6-8,13-15,17H,4-5,9-11H2,1H3,(H2,22,24). The van der Waals surface area contributed by atoms with E-state index < -0.39 is 0 Å². The third kappa shape index (κ3) is 2.68. The Kier molecular flexibility index (Phi) is 3.99. The SMILES string of the molecule is CC1=C(F)CCC(C2=NCC=C2C2C=CC3C=CNC(=N)C3C2)C1. The predicted molar refractivity (Wildman–Crippen MR) is 95.8 cm³/mol. The second-order valence-electron chi connectivity index (χ2n) is 7.34. The molecule has 0 fully saturated rings. The molecule has 2 N–H and O–H groups in total. The van der Waals surface area contributed by atoms with Gasteiger partial charge in [0.15, 0.2) is 0 Å². The summed E-state index contributed by atoms with van der Waals surface area (Å²) in [6, 6.07) is 0. The second-order valence-corrected chi connectivity index (χ2v) is 7.34. The van der Waals surface area contributed by atoms with Crippen molar-refractivity contribution >= 4 is 11.5 Å². The van der Waals surface area contributed by atoms with E-state index in [9.17, 15) is 4.39 Å². The first-order valence-electron chi connectivity index (χ1n) is 8.92. The minimum atomic E-state index is 0.0734. The molecule has 0 aromatic rings. The minimum Gasteiger partial charge on any atom is -0.351 e. The monoisotopic (exact) mass is 325 g/mol. The number of fused-ring (bicyclic) bond motifs is 1. The number of allylic oxidation sites excluding steroid dienone is 6. The molecule has 126 valence electrons. The highest BCUT2D eigenvalue weighted by Gasteiger charge is 2.35. The molecule has 0 amide bonds. The van der Waals surface area contributed by atoms with Crippen LogP contribution in [-0.2, 0) is 0 Å². The van der Waals surface area contributed by atoms with Gasteiger partial charge in [-0.15, -0.1) is 0 Å². The number of hydrogen-bond acceptors (Lipinski definition) is 2. The van der Waals surface area contributed by atoms with Crippen LogP contribution in [0.4, 0.5) is 4.39 Å². The lowest BCUT2D eigenvalue weighted by atomic mass is 9.72. The third-order valence-electron chi connectivity index (χ3n) is 5.85. The average Bonchev–Trinajstić information content (AvgIpc) is 3.07. The van der Waals surface area contributed by atoms with Crippen LogP contribution < -0.4 is 5.32 Å². The van der Waals surface area contributed by atoms with E-state index in [0.717, 1.165) is 31.4 Å².